The Morgan fingerprint density at radius 2 is 1.66 bits per heavy atom. The van der Waals surface area contributed by atoms with Crippen LogP contribution < -0.4 is 25.8 Å². The lowest BCUT2D eigenvalue weighted by molar-refractivity contribution is -0.110. The minimum atomic E-state index is -0.179. The predicted octanol–water partition coefficient (Wildman–Crippen LogP) is 4.53. The molecule has 1 heterocycles. The summed E-state index contributed by atoms with van der Waals surface area (Å²) in [6.07, 6.45) is 1.90. The van der Waals surface area contributed by atoms with Crippen molar-refractivity contribution in [3.8, 4) is 11.5 Å². The maximum absolute atomic E-state index is 13.1. The van der Waals surface area contributed by atoms with Gasteiger partial charge >= 0.3 is 0 Å². The summed E-state index contributed by atoms with van der Waals surface area (Å²) in [6, 6.07) is 21.7. The highest BCUT2D eigenvalue weighted by Crippen LogP contribution is 2.43. The third-order valence-corrected chi connectivity index (χ3v) is 5.47. The van der Waals surface area contributed by atoms with Gasteiger partial charge in [-0.2, -0.15) is 0 Å². The molecule has 0 saturated heterocycles. The van der Waals surface area contributed by atoms with E-state index < -0.39 is 0 Å². The van der Waals surface area contributed by atoms with E-state index in [-0.39, 0.29) is 5.91 Å². The van der Waals surface area contributed by atoms with E-state index in [1.54, 1.807) is 20.3 Å². The minimum Gasteiger partial charge on any atom is -0.493 e. The Hall–Kier alpha value is -3.77. The van der Waals surface area contributed by atoms with Gasteiger partial charge in [-0.3, -0.25) is 4.79 Å². The van der Waals surface area contributed by atoms with Gasteiger partial charge in [-0.15, -0.1) is 0 Å². The molecule has 32 heavy (non-hydrogen) atoms. The minimum absolute atomic E-state index is 0.179. The lowest BCUT2D eigenvalue weighted by Gasteiger charge is -2.16. The second-order valence-electron chi connectivity index (χ2n) is 7.54. The van der Waals surface area contributed by atoms with Crippen molar-refractivity contribution in [2.75, 3.05) is 31.4 Å². The number of benzene rings is 3. The molecule has 0 radical (unpaired) electrons. The first-order chi connectivity index (χ1) is 15.6. The number of amides is 1. The van der Waals surface area contributed by atoms with Gasteiger partial charge in [0.25, 0.3) is 5.91 Å². The van der Waals surface area contributed by atoms with E-state index in [1.165, 1.54) is 5.56 Å². The second kappa shape index (κ2) is 9.58. The summed E-state index contributed by atoms with van der Waals surface area (Å²) in [5.41, 5.74) is 11.4. The lowest BCUT2D eigenvalue weighted by Crippen LogP contribution is -2.10. The maximum atomic E-state index is 13.1. The monoisotopic (exact) mass is 429 g/mol. The average Bonchev–Trinajstić information content (AvgIpc) is 3.15. The average molecular weight is 430 g/mol. The van der Waals surface area contributed by atoms with E-state index in [9.17, 15) is 4.79 Å². The molecule has 0 aromatic heterocycles. The quantitative estimate of drug-likeness (QED) is 0.458. The van der Waals surface area contributed by atoms with Crippen molar-refractivity contribution in [3.05, 3.63) is 83.4 Å². The molecule has 1 aliphatic rings. The van der Waals surface area contributed by atoms with Crippen molar-refractivity contribution < 1.29 is 14.3 Å². The first-order valence-electron chi connectivity index (χ1n) is 10.6. The van der Waals surface area contributed by atoms with Gasteiger partial charge in [-0.05, 0) is 48.7 Å². The van der Waals surface area contributed by atoms with Gasteiger partial charge in [-0.25, -0.2) is 0 Å². The van der Waals surface area contributed by atoms with Crippen LogP contribution in [0.2, 0.25) is 0 Å². The molecule has 0 saturated carbocycles. The summed E-state index contributed by atoms with van der Waals surface area (Å²) in [5.74, 6) is 0.952. The van der Waals surface area contributed by atoms with Crippen molar-refractivity contribution >= 4 is 28.6 Å². The highest BCUT2D eigenvalue weighted by Gasteiger charge is 2.30. The molecule has 3 aromatic carbocycles. The van der Waals surface area contributed by atoms with Crippen LogP contribution in [-0.4, -0.2) is 26.7 Å². The zero-order valence-electron chi connectivity index (χ0n) is 18.3. The van der Waals surface area contributed by atoms with Crippen LogP contribution in [0.5, 0.6) is 11.5 Å². The number of aryl methyl sites for hydroxylation is 1. The van der Waals surface area contributed by atoms with E-state index in [1.807, 2.05) is 48.5 Å². The zero-order valence-corrected chi connectivity index (χ0v) is 18.3. The van der Waals surface area contributed by atoms with Gasteiger partial charge in [0.15, 0.2) is 11.5 Å². The first-order valence-corrected chi connectivity index (χ1v) is 10.6. The number of methoxy groups -OCH3 is 2. The fourth-order valence-corrected chi connectivity index (χ4v) is 3.83. The van der Waals surface area contributed by atoms with Gasteiger partial charge in [0.1, 0.15) is 0 Å². The molecule has 0 atom stereocenters. The number of ether oxygens (including phenoxy) is 2. The van der Waals surface area contributed by atoms with Crippen molar-refractivity contribution in [2.24, 2.45) is 5.73 Å². The number of nitrogens with two attached hydrogens (primary N) is 1. The van der Waals surface area contributed by atoms with Gasteiger partial charge in [0.05, 0.1) is 31.2 Å². The Bertz CT molecular complexity index is 1140. The molecule has 1 amide bonds. The van der Waals surface area contributed by atoms with Gasteiger partial charge in [0, 0.05) is 17.3 Å². The van der Waals surface area contributed by atoms with E-state index in [2.05, 4.69) is 22.8 Å². The molecule has 6 heteroatoms. The zero-order chi connectivity index (χ0) is 22.5. The molecule has 0 aliphatic carbocycles. The summed E-state index contributed by atoms with van der Waals surface area (Å²) >= 11 is 0. The van der Waals surface area contributed by atoms with Crippen LogP contribution in [0.15, 0.2) is 66.7 Å². The van der Waals surface area contributed by atoms with Crippen molar-refractivity contribution in [3.63, 3.8) is 0 Å². The van der Waals surface area contributed by atoms with Crippen LogP contribution in [0.25, 0.3) is 11.3 Å². The largest absolute Gasteiger partial charge is 0.493 e. The second-order valence-corrected chi connectivity index (χ2v) is 7.54. The number of hydrogen-bond acceptors (Lipinski definition) is 5. The van der Waals surface area contributed by atoms with Crippen LogP contribution in [0.4, 0.5) is 11.4 Å². The summed E-state index contributed by atoms with van der Waals surface area (Å²) < 4.78 is 10.9. The fraction of sp³-hybridized carbons (Fsp3) is 0.192. The van der Waals surface area contributed by atoms with Crippen LogP contribution in [-0.2, 0) is 11.2 Å². The van der Waals surface area contributed by atoms with E-state index in [4.69, 9.17) is 15.2 Å². The van der Waals surface area contributed by atoms with Crippen molar-refractivity contribution in [1.82, 2.24) is 0 Å². The number of carbonyl (C=O) groups excluding carboxylic acids is 1. The Balaban J connectivity index is 1.80. The summed E-state index contributed by atoms with van der Waals surface area (Å²) in [5, 5.41) is 6.44. The van der Waals surface area contributed by atoms with Crippen LogP contribution >= 0.6 is 0 Å². The molecule has 1 aliphatic heterocycles. The van der Waals surface area contributed by atoms with Crippen LogP contribution in [0, 0.1) is 0 Å². The topological polar surface area (TPSA) is 85.6 Å². The van der Waals surface area contributed by atoms with E-state index >= 15 is 0 Å². The summed E-state index contributed by atoms with van der Waals surface area (Å²) in [6.45, 7) is 0.674. The number of nitrogens with one attached hydrogen (secondary N) is 2. The van der Waals surface area contributed by atoms with E-state index in [0.29, 0.717) is 29.3 Å². The first kappa shape index (κ1) is 21.5. The Morgan fingerprint density at radius 3 is 2.31 bits per heavy atom. The molecule has 0 fully saturated rings. The van der Waals surface area contributed by atoms with Gasteiger partial charge in [0.2, 0.25) is 0 Å². The molecule has 3 aromatic rings. The smallest absolute Gasteiger partial charge is 0.258 e. The Morgan fingerprint density at radius 1 is 0.969 bits per heavy atom. The van der Waals surface area contributed by atoms with Crippen molar-refractivity contribution in [1.29, 1.82) is 0 Å². The number of fused-ring (bicyclic) bond motifs is 1. The highest BCUT2D eigenvalue weighted by molar-refractivity contribution is 6.37. The molecular weight excluding hydrogens is 402 g/mol. The normalized spacial score (nSPS) is 13.9. The molecule has 4 rings (SSSR count). The molecule has 0 bridgehead atoms. The third-order valence-electron chi connectivity index (χ3n) is 5.47. The SMILES string of the molecule is COc1cc2c(cc1OC)/C(=C(/Nc1ccc(CCCN)cc1)c1ccccc1)C(=O)N2. The number of hydrogen-bond donors (Lipinski definition) is 3. The van der Waals surface area contributed by atoms with Crippen molar-refractivity contribution in [2.45, 2.75) is 12.8 Å². The Labute approximate surface area is 188 Å². The number of rotatable bonds is 8. The molecule has 6 nitrogen and oxygen atoms in total. The predicted molar refractivity (Wildman–Crippen MR) is 129 cm³/mol. The van der Waals surface area contributed by atoms with Crippen LogP contribution in [0.3, 0.4) is 0 Å². The van der Waals surface area contributed by atoms with E-state index in [0.717, 1.165) is 35.4 Å². The molecular formula is C26H27N3O3. The van der Waals surface area contributed by atoms with Gasteiger partial charge < -0.3 is 25.8 Å². The third kappa shape index (κ3) is 4.31. The number of carbonyl (C=O) groups is 1. The molecule has 0 unspecified atom stereocenters. The van der Waals surface area contributed by atoms with Gasteiger partial charge in [-0.1, -0.05) is 42.5 Å². The number of anilines is 2. The van der Waals surface area contributed by atoms with Crippen LogP contribution in [0.1, 0.15) is 23.1 Å². The molecule has 164 valence electrons. The standard InChI is InChI=1S/C26H27N3O3/c1-31-22-15-20-21(16-23(22)32-2)29-26(30)24(20)25(18-8-4-3-5-9-18)28-19-12-10-17(11-13-19)7-6-14-27/h3-5,8-13,15-16,28H,6-7,14,27H2,1-2H3,(H,29,30)/b25-24-. The fourth-order valence-electron chi connectivity index (χ4n) is 3.83. The molecule has 0 spiro atoms. The lowest BCUT2D eigenvalue weighted by atomic mass is 9.99. The highest BCUT2D eigenvalue weighted by atomic mass is 16.5. The summed E-state index contributed by atoms with van der Waals surface area (Å²) in [7, 11) is 3.16. The summed E-state index contributed by atoms with van der Waals surface area (Å²) in [4.78, 5) is 13.1. The Kier molecular flexibility index (Phi) is 6.42. The molecule has 4 N–H and O–H groups in total. The maximum Gasteiger partial charge on any atom is 0.258 e.